The molecule has 0 aliphatic carbocycles. The van der Waals surface area contributed by atoms with Crippen LogP contribution in [0.2, 0.25) is 0 Å². The molecule has 0 radical (unpaired) electrons. The Balaban J connectivity index is 1.94. The number of thiazole rings is 1. The van der Waals surface area contributed by atoms with Gasteiger partial charge in [0.2, 0.25) is 11.9 Å². The maximum absolute atomic E-state index is 11.8. The smallest absolute Gasteiger partial charge is 0.242 e. The van der Waals surface area contributed by atoms with E-state index in [0.717, 1.165) is 11.4 Å². The lowest BCUT2D eigenvalue weighted by atomic mass is 10.2. The van der Waals surface area contributed by atoms with Crippen molar-refractivity contribution in [3.63, 3.8) is 0 Å². The standard InChI is InChI=1S/C10H14N6OS/c1-2-7(9-12-3-4-18-9)14-8(17)5-16-6-13-10(11)15-16/h3-4,6-7H,2,5H2,1H3,(H2,11,15)(H,14,17). The highest BCUT2D eigenvalue weighted by Crippen LogP contribution is 2.18. The summed E-state index contributed by atoms with van der Waals surface area (Å²) in [5, 5.41) is 9.56. The van der Waals surface area contributed by atoms with Gasteiger partial charge in [-0.25, -0.2) is 14.6 Å². The third-order valence-corrected chi connectivity index (χ3v) is 3.24. The number of nitrogens with zero attached hydrogens (tertiary/aromatic N) is 4. The summed E-state index contributed by atoms with van der Waals surface area (Å²) in [6.07, 6.45) is 3.95. The fraction of sp³-hybridized carbons (Fsp3) is 0.400. The third kappa shape index (κ3) is 3.04. The van der Waals surface area contributed by atoms with Crippen molar-refractivity contribution < 1.29 is 4.79 Å². The van der Waals surface area contributed by atoms with E-state index in [1.807, 2.05) is 12.3 Å². The van der Waals surface area contributed by atoms with Crippen molar-refractivity contribution in [3.05, 3.63) is 22.9 Å². The van der Waals surface area contributed by atoms with E-state index in [1.165, 1.54) is 22.3 Å². The molecule has 3 N–H and O–H groups in total. The molecule has 0 aliphatic heterocycles. The van der Waals surface area contributed by atoms with Gasteiger partial charge < -0.3 is 11.1 Å². The van der Waals surface area contributed by atoms with Gasteiger partial charge in [0, 0.05) is 11.6 Å². The minimum absolute atomic E-state index is 0.0571. The van der Waals surface area contributed by atoms with Gasteiger partial charge in [-0.3, -0.25) is 4.79 Å². The van der Waals surface area contributed by atoms with Crippen LogP contribution < -0.4 is 11.1 Å². The van der Waals surface area contributed by atoms with E-state index in [-0.39, 0.29) is 24.4 Å². The first-order valence-electron chi connectivity index (χ1n) is 5.52. The van der Waals surface area contributed by atoms with Gasteiger partial charge >= 0.3 is 0 Å². The second-order valence-electron chi connectivity index (χ2n) is 3.70. The summed E-state index contributed by atoms with van der Waals surface area (Å²) in [6.45, 7) is 2.10. The van der Waals surface area contributed by atoms with Crippen molar-refractivity contribution in [3.8, 4) is 0 Å². The molecule has 2 aromatic rings. The van der Waals surface area contributed by atoms with Crippen LogP contribution in [0.5, 0.6) is 0 Å². The zero-order valence-corrected chi connectivity index (χ0v) is 10.7. The van der Waals surface area contributed by atoms with Gasteiger partial charge in [-0.1, -0.05) is 6.92 Å². The van der Waals surface area contributed by atoms with Gasteiger partial charge in [-0.15, -0.1) is 16.4 Å². The monoisotopic (exact) mass is 266 g/mol. The van der Waals surface area contributed by atoms with E-state index in [4.69, 9.17) is 5.73 Å². The minimum Gasteiger partial charge on any atom is -0.367 e. The lowest BCUT2D eigenvalue weighted by Crippen LogP contribution is -2.31. The molecule has 7 nitrogen and oxygen atoms in total. The number of hydrogen-bond donors (Lipinski definition) is 2. The molecular formula is C10H14N6OS. The van der Waals surface area contributed by atoms with Crippen LogP contribution >= 0.6 is 11.3 Å². The third-order valence-electron chi connectivity index (χ3n) is 2.35. The van der Waals surface area contributed by atoms with Crippen LogP contribution in [0.1, 0.15) is 24.4 Å². The number of nitrogens with two attached hydrogens (primary N) is 1. The summed E-state index contributed by atoms with van der Waals surface area (Å²) in [4.78, 5) is 19.8. The number of carbonyl (C=O) groups is 1. The quantitative estimate of drug-likeness (QED) is 0.825. The summed E-state index contributed by atoms with van der Waals surface area (Å²) in [6, 6.07) is -0.0571. The van der Waals surface area contributed by atoms with Crippen LogP contribution in [0.15, 0.2) is 17.9 Å². The van der Waals surface area contributed by atoms with Crippen LogP contribution in [-0.2, 0) is 11.3 Å². The zero-order chi connectivity index (χ0) is 13.0. The van der Waals surface area contributed by atoms with Gasteiger partial charge in [0.15, 0.2) is 0 Å². The van der Waals surface area contributed by atoms with Gasteiger partial charge in [0.25, 0.3) is 0 Å². The van der Waals surface area contributed by atoms with Crippen molar-refractivity contribution in [2.75, 3.05) is 5.73 Å². The molecule has 0 bridgehead atoms. The topological polar surface area (TPSA) is 98.7 Å². The molecule has 2 heterocycles. The summed E-state index contributed by atoms with van der Waals surface area (Å²) in [5.41, 5.74) is 5.38. The Hall–Kier alpha value is -1.96. The number of nitrogens with one attached hydrogen (secondary N) is 1. The van der Waals surface area contributed by atoms with Crippen molar-refractivity contribution in [2.24, 2.45) is 0 Å². The molecule has 2 rings (SSSR count). The lowest BCUT2D eigenvalue weighted by Gasteiger charge is -2.14. The van der Waals surface area contributed by atoms with Crippen molar-refractivity contribution in [1.29, 1.82) is 0 Å². The first-order valence-corrected chi connectivity index (χ1v) is 6.40. The van der Waals surface area contributed by atoms with Crippen molar-refractivity contribution in [2.45, 2.75) is 25.9 Å². The van der Waals surface area contributed by atoms with Crippen molar-refractivity contribution >= 4 is 23.2 Å². The molecule has 8 heteroatoms. The van der Waals surface area contributed by atoms with E-state index in [2.05, 4.69) is 20.4 Å². The van der Waals surface area contributed by atoms with Crippen LogP contribution in [-0.4, -0.2) is 25.7 Å². The highest BCUT2D eigenvalue weighted by atomic mass is 32.1. The van der Waals surface area contributed by atoms with Crippen LogP contribution in [0.3, 0.4) is 0 Å². The summed E-state index contributed by atoms with van der Waals surface area (Å²) in [7, 11) is 0. The first kappa shape index (κ1) is 12.5. The average molecular weight is 266 g/mol. The SMILES string of the molecule is CCC(NC(=O)Cn1cnc(N)n1)c1nccs1. The van der Waals surface area contributed by atoms with E-state index < -0.39 is 0 Å². The Labute approximate surface area is 108 Å². The summed E-state index contributed by atoms with van der Waals surface area (Å²) >= 11 is 1.53. The Morgan fingerprint density at radius 1 is 1.61 bits per heavy atom. The maximum Gasteiger partial charge on any atom is 0.242 e. The molecule has 2 aromatic heterocycles. The Morgan fingerprint density at radius 3 is 3.00 bits per heavy atom. The van der Waals surface area contributed by atoms with Crippen LogP contribution in [0.25, 0.3) is 0 Å². The van der Waals surface area contributed by atoms with E-state index in [1.54, 1.807) is 6.20 Å². The molecule has 1 atom stereocenters. The van der Waals surface area contributed by atoms with Gasteiger partial charge in [0.1, 0.15) is 17.9 Å². The Kier molecular flexibility index (Phi) is 3.88. The van der Waals surface area contributed by atoms with Gasteiger partial charge in [-0.05, 0) is 6.42 Å². The summed E-state index contributed by atoms with van der Waals surface area (Å²) < 4.78 is 1.40. The number of carbonyl (C=O) groups excluding carboxylic acids is 1. The largest absolute Gasteiger partial charge is 0.367 e. The predicted octanol–water partition coefficient (Wildman–Crippen LogP) is 0.584. The molecular weight excluding hydrogens is 252 g/mol. The maximum atomic E-state index is 11.8. The average Bonchev–Trinajstić information content (AvgIpc) is 2.98. The molecule has 0 saturated heterocycles. The number of hydrogen-bond acceptors (Lipinski definition) is 6. The lowest BCUT2D eigenvalue weighted by molar-refractivity contribution is -0.122. The highest BCUT2D eigenvalue weighted by molar-refractivity contribution is 7.09. The van der Waals surface area contributed by atoms with Gasteiger partial charge in [-0.2, -0.15) is 0 Å². The number of aromatic nitrogens is 4. The number of nitrogen functional groups attached to an aromatic ring is 1. The van der Waals surface area contributed by atoms with Crippen LogP contribution in [0, 0.1) is 0 Å². The second-order valence-corrected chi connectivity index (χ2v) is 4.63. The van der Waals surface area contributed by atoms with E-state index in [9.17, 15) is 4.79 Å². The Bertz CT molecular complexity index is 508. The molecule has 0 aliphatic rings. The molecule has 0 saturated carbocycles. The minimum atomic E-state index is -0.137. The highest BCUT2D eigenvalue weighted by Gasteiger charge is 2.15. The molecule has 1 unspecified atom stereocenters. The molecule has 1 amide bonds. The Morgan fingerprint density at radius 2 is 2.44 bits per heavy atom. The molecule has 96 valence electrons. The fourth-order valence-corrected chi connectivity index (χ4v) is 2.29. The predicted molar refractivity (Wildman–Crippen MR) is 67.7 cm³/mol. The van der Waals surface area contributed by atoms with Crippen molar-refractivity contribution in [1.82, 2.24) is 25.1 Å². The molecule has 0 aromatic carbocycles. The van der Waals surface area contributed by atoms with E-state index in [0.29, 0.717) is 0 Å². The number of rotatable bonds is 5. The second kappa shape index (κ2) is 5.58. The number of amides is 1. The molecule has 18 heavy (non-hydrogen) atoms. The fourth-order valence-electron chi connectivity index (χ4n) is 1.52. The van der Waals surface area contributed by atoms with Gasteiger partial charge in [0.05, 0.1) is 6.04 Å². The first-order chi connectivity index (χ1) is 8.69. The zero-order valence-electron chi connectivity index (χ0n) is 9.91. The molecule has 0 spiro atoms. The normalized spacial score (nSPS) is 12.3. The van der Waals surface area contributed by atoms with Crippen LogP contribution in [0.4, 0.5) is 5.95 Å². The summed E-state index contributed by atoms with van der Waals surface area (Å²) in [5.74, 6) is 0.0247. The number of anilines is 1. The molecule has 0 fully saturated rings. The van der Waals surface area contributed by atoms with E-state index >= 15 is 0 Å².